The quantitative estimate of drug-likeness (QED) is 0.623. The zero-order valence-electron chi connectivity index (χ0n) is 13.5. The maximum Gasteiger partial charge on any atom is 0.159 e. The van der Waals surface area contributed by atoms with E-state index in [9.17, 15) is 4.79 Å². The molecule has 23 heavy (non-hydrogen) atoms. The van der Waals surface area contributed by atoms with Crippen molar-refractivity contribution in [3.8, 4) is 0 Å². The molecule has 4 rings (SSSR count). The number of allylic oxidation sites excluding steroid dienone is 2. The van der Waals surface area contributed by atoms with Crippen molar-refractivity contribution in [1.82, 2.24) is 0 Å². The van der Waals surface area contributed by atoms with Crippen LogP contribution in [0.25, 0.3) is 0 Å². The van der Waals surface area contributed by atoms with E-state index in [1.54, 1.807) is 6.92 Å². The van der Waals surface area contributed by atoms with Crippen LogP contribution < -0.4 is 5.32 Å². The molecule has 116 valence electrons. The van der Waals surface area contributed by atoms with Crippen LogP contribution in [0.5, 0.6) is 0 Å². The van der Waals surface area contributed by atoms with Crippen LogP contribution in [0.15, 0.2) is 54.6 Å². The van der Waals surface area contributed by atoms with Crippen LogP contribution in [0.3, 0.4) is 0 Å². The molecule has 2 heteroatoms. The van der Waals surface area contributed by atoms with Gasteiger partial charge in [0.2, 0.25) is 0 Å². The third kappa shape index (κ3) is 2.39. The number of aryl methyl sites for hydroxylation is 1. The van der Waals surface area contributed by atoms with Gasteiger partial charge in [-0.3, -0.25) is 4.79 Å². The highest BCUT2D eigenvalue weighted by Crippen LogP contribution is 2.49. The van der Waals surface area contributed by atoms with Crippen molar-refractivity contribution < 1.29 is 4.79 Å². The maximum atomic E-state index is 11.7. The molecule has 0 saturated heterocycles. The van der Waals surface area contributed by atoms with Crippen molar-refractivity contribution in [3.05, 3.63) is 76.9 Å². The number of carbonyl (C=O) groups is 1. The third-order valence-corrected chi connectivity index (χ3v) is 5.21. The number of nitrogens with one attached hydrogen (secondary N) is 1. The molecular weight excluding hydrogens is 282 g/mol. The molecule has 0 amide bonds. The van der Waals surface area contributed by atoms with Crippen LogP contribution in [0.4, 0.5) is 5.69 Å². The maximum absolute atomic E-state index is 11.7. The first-order valence-corrected chi connectivity index (χ1v) is 8.28. The Hall–Kier alpha value is -2.35. The van der Waals surface area contributed by atoms with Crippen LogP contribution in [0.2, 0.25) is 0 Å². The third-order valence-electron chi connectivity index (χ3n) is 5.21. The van der Waals surface area contributed by atoms with Crippen LogP contribution in [-0.4, -0.2) is 5.78 Å². The van der Waals surface area contributed by atoms with E-state index in [1.165, 1.54) is 16.7 Å². The topological polar surface area (TPSA) is 29.1 Å². The Kier molecular flexibility index (Phi) is 3.33. The molecule has 0 spiro atoms. The highest BCUT2D eigenvalue weighted by Gasteiger charge is 2.37. The summed E-state index contributed by atoms with van der Waals surface area (Å²) in [6.45, 7) is 3.76. The molecule has 1 N–H and O–H groups in total. The van der Waals surface area contributed by atoms with Gasteiger partial charge in [-0.05, 0) is 55.5 Å². The van der Waals surface area contributed by atoms with Crippen molar-refractivity contribution in [2.45, 2.75) is 32.2 Å². The SMILES string of the molecule is CC(=O)c1ccc2c(c1)[C@H]1C=CC[C@@H]1[C@H](c1ccc(C)cc1)N2. The fraction of sp³-hybridized carbons (Fsp3) is 0.286. The average molecular weight is 303 g/mol. The lowest BCUT2D eigenvalue weighted by Crippen LogP contribution is -2.29. The first kappa shape index (κ1) is 14.3. The van der Waals surface area contributed by atoms with Gasteiger partial charge in [-0.1, -0.05) is 42.0 Å². The van der Waals surface area contributed by atoms with Gasteiger partial charge in [0.25, 0.3) is 0 Å². The molecule has 0 aromatic heterocycles. The number of fused-ring (bicyclic) bond motifs is 3. The Bertz CT molecular complexity index is 788. The summed E-state index contributed by atoms with van der Waals surface area (Å²) in [4.78, 5) is 11.7. The summed E-state index contributed by atoms with van der Waals surface area (Å²) in [5.74, 6) is 1.05. The van der Waals surface area contributed by atoms with E-state index in [4.69, 9.17) is 0 Å². The van der Waals surface area contributed by atoms with E-state index in [0.29, 0.717) is 17.9 Å². The molecule has 0 saturated carbocycles. The monoisotopic (exact) mass is 303 g/mol. The van der Waals surface area contributed by atoms with Crippen molar-refractivity contribution >= 4 is 11.5 Å². The van der Waals surface area contributed by atoms with Gasteiger partial charge in [0, 0.05) is 17.2 Å². The largest absolute Gasteiger partial charge is 0.378 e. The molecular formula is C21H21NO. The molecule has 3 atom stereocenters. The van der Waals surface area contributed by atoms with E-state index in [-0.39, 0.29) is 5.78 Å². The van der Waals surface area contributed by atoms with Gasteiger partial charge in [0.05, 0.1) is 6.04 Å². The predicted molar refractivity (Wildman–Crippen MR) is 94.0 cm³/mol. The summed E-state index contributed by atoms with van der Waals surface area (Å²) in [6, 6.07) is 15.2. The highest BCUT2D eigenvalue weighted by atomic mass is 16.1. The Morgan fingerprint density at radius 2 is 1.91 bits per heavy atom. The van der Waals surface area contributed by atoms with E-state index in [2.05, 4.69) is 60.8 Å². The second-order valence-corrected chi connectivity index (χ2v) is 6.74. The second kappa shape index (κ2) is 5.38. The Labute approximate surface area is 137 Å². The van der Waals surface area contributed by atoms with Gasteiger partial charge in [0.1, 0.15) is 0 Å². The molecule has 2 aromatic rings. The lowest BCUT2D eigenvalue weighted by atomic mass is 9.76. The van der Waals surface area contributed by atoms with E-state index in [1.807, 2.05) is 6.07 Å². The Balaban J connectivity index is 1.77. The molecule has 1 aliphatic carbocycles. The van der Waals surface area contributed by atoms with E-state index in [0.717, 1.165) is 17.7 Å². The summed E-state index contributed by atoms with van der Waals surface area (Å²) < 4.78 is 0. The van der Waals surface area contributed by atoms with Gasteiger partial charge < -0.3 is 5.32 Å². The normalized spacial score (nSPS) is 24.7. The lowest BCUT2D eigenvalue weighted by Gasteiger charge is -2.37. The van der Waals surface area contributed by atoms with Crippen LogP contribution in [-0.2, 0) is 0 Å². The smallest absolute Gasteiger partial charge is 0.159 e. The number of ketones is 1. The van der Waals surface area contributed by atoms with Crippen molar-refractivity contribution in [2.24, 2.45) is 5.92 Å². The number of carbonyl (C=O) groups excluding carboxylic acids is 1. The molecule has 0 unspecified atom stereocenters. The summed E-state index contributed by atoms with van der Waals surface area (Å²) in [5.41, 5.74) is 5.86. The summed E-state index contributed by atoms with van der Waals surface area (Å²) in [5, 5.41) is 3.72. The zero-order valence-corrected chi connectivity index (χ0v) is 13.5. The molecule has 2 aromatic carbocycles. The number of hydrogen-bond donors (Lipinski definition) is 1. The minimum absolute atomic E-state index is 0.131. The minimum atomic E-state index is 0.131. The molecule has 0 bridgehead atoms. The molecule has 2 nitrogen and oxygen atoms in total. The number of Topliss-reactive ketones (excluding diaryl/α,β-unsaturated/α-hetero) is 1. The van der Waals surface area contributed by atoms with Crippen LogP contribution >= 0.6 is 0 Å². The van der Waals surface area contributed by atoms with Crippen LogP contribution in [0, 0.1) is 12.8 Å². The predicted octanol–water partition coefficient (Wildman–Crippen LogP) is 5.02. The Morgan fingerprint density at radius 3 is 2.65 bits per heavy atom. The van der Waals surface area contributed by atoms with Crippen molar-refractivity contribution in [2.75, 3.05) is 5.32 Å². The van der Waals surface area contributed by atoms with Crippen molar-refractivity contribution in [1.29, 1.82) is 0 Å². The van der Waals surface area contributed by atoms with E-state index < -0.39 is 0 Å². The van der Waals surface area contributed by atoms with Gasteiger partial charge in [-0.2, -0.15) is 0 Å². The number of hydrogen-bond acceptors (Lipinski definition) is 2. The summed E-state index contributed by atoms with van der Waals surface area (Å²) in [7, 11) is 0. The first-order chi connectivity index (χ1) is 11.1. The standard InChI is InChI=1S/C21H21NO/c1-13-6-8-15(9-7-13)21-18-5-3-4-17(18)19-12-16(14(2)23)10-11-20(19)22-21/h3-4,6-12,17-18,21-22H,5H2,1-2H3/t17-,18-,21-/m0/s1. The highest BCUT2D eigenvalue weighted by molar-refractivity contribution is 5.95. The minimum Gasteiger partial charge on any atom is -0.378 e. The van der Waals surface area contributed by atoms with E-state index >= 15 is 0 Å². The lowest BCUT2D eigenvalue weighted by molar-refractivity contribution is 0.101. The molecule has 0 fully saturated rings. The number of anilines is 1. The summed E-state index contributed by atoms with van der Waals surface area (Å²) >= 11 is 0. The molecule has 1 aliphatic heterocycles. The molecule has 0 radical (unpaired) electrons. The number of rotatable bonds is 2. The molecule has 2 aliphatic rings. The fourth-order valence-electron chi connectivity index (χ4n) is 3.92. The summed E-state index contributed by atoms with van der Waals surface area (Å²) in [6.07, 6.45) is 5.68. The van der Waals surface area contributed by atoms with Crippen molar-refractivity contribution in [3.63, 3.8) is 0 Å². The van der Waals surface area contributed by atoms with Gasteiger partial charge >= 0.3 is 0 Å². The fourth-order valence-corrected chi connectivity index (χ4v) is 3.92. The first-order valence-electron chi connectivity index (χ1n) is 8.28. The Morgan fingerprint density at radius 1 is 1.13 bits per heavy atom. The van der Waals surface area contributed by atoms with Gasteiger partial charge in [0.15, 0.2) is 5.78 Å². The van der Waals surface area contributed by atoms with Gasteiger partial charge in [-0.15, -0.1) is 0 Å². The zero-order chi connectivity index (χ0) is 16.0. The second-order valence-electron chi connectivity index (χ2n) is 6.74. The molecule has 1 heterocycles. The van der Waals surface area contributed by atoms with Gasteiger partial charge in [-0.25, -0.2) is 0 Å². The van der Waals surface area contributed by atoms with Crippen LogP contribution in [0.1, 0.15) is 52.4 Å². The average Bonchev–Trinajstić information content (AvgIpc) is 3.04. The number of benzene rings is 2.